The fraction of sp³-hybridized carbons (Fsp3) is 0.286. The Hall–Kier alpha value is -3.75. The topological polar surface area (TPSA) is 107 Å². The van der Waals surface area contributed by atoms with Gasteiger partial charge in [-0.1, -0.05) is 12.1 Å². The number of nitrogens with zero attached hydrogens (tertiary/aromatic N) is 1. The average Bonchev–Trinajstić information content (AvgIpc) is 2.76. The Balaban J connectivity index is 1.81. The molecule has 2 rings (SSSR count). The summed E-state index contributed by atoms with van der Waals surface area (Å²) in [7, 11) is 4.62. The normalized spacial score (nSPS) is 10.7. The molecule has 0 aliphatic heterocycles. The summed E-state index contributed by atoms with van der Waals surface area (Å²) in [5.74, 6) is 1.49. The first-order valence-corrected chi connectivity index (χ1v) is 9.06. The minimum atomic E-state index is -0.720. The summed E-state index contributed by atoms with van der Waals surface area (Å²) in [6.45, 7) is 1.71. The second kappa shape index (κ2) is 11.3. The summed E-state index contributed by atoms with van der Waals surface area (Å²) in [6.07, 6.45) is -0.740. The number of rotatable bonds is 9. The highest BCUT2D eigenvalue weighted by molar-refractivity contribution is 6.06. The molecule has 0 saturated heterocycles. The molecule has 2 aromatic carbocycles. The van der Waals surface area contributed by atoms with Crippen LogP contribution < -0.4 is 25.0 Å². The number of hydrazone groups is 1. The molecular weight excluding hydrogens is 390 g/mol. The molecule has 2 amide bonds. The van der Waals surface area contributed by atoms with E-state index in [9.17, 15) is 9.59 Å². The van der Waals surface area contributed by atoms with E-state index in [0.29, 0.717) is 28.6 Å². The predicted molar refractivity (Wildman–Crippen MR) is 112 cm³/mol. The summed E-state index contributed by atoms with van der Waals surface area (Å²) < 4.78 is 20.5. The third kappa shape index (κ3) is 7.01. The molecule has 0 saturated carbocycles. The van der Waals surface area contributed by atoms with Crippen LogP contribution in [0.3, 0.4) is 0 Å². The van der Waals surface area contributed by atoms with Gasteiger partial charge in [-0.05, 0) is 36.8 Å². The Kier molecular flexibility index (Phi) is 8.49. The zero-order chi connectivity index (χ0) is 21.9. The number of carbonyl (C=O) groups is 2. The molecule has 0 atom stereocenters. The number of ether oxygens (including phenoxy) is 4. The van der Waals surface area contributed by atoms with Gasteiger partial charge in [-0.25, -0.2) is 10.2 Å². The van der Waals surface area contributed by atoms with Crippen molar-refractivity contribution >= 4 is 23.4 Å². The molecule has 2 N–H and O–H groups in total. The molecule has 0 fully saturated rings. The van der Waals surface area contributed by atoms with Crippen LogP contribution in [0.4, 0.5) is 10.5 Å². The average molecular weight is 415 g/mol. The van der Waals surface area contributed by atoms with Crippen LogP contribution in [0.25, 0.3) is 0 Å². The maximum atomic E-state index is 12.2. The molecule has 0 aliphatic carbocycles. The van der Waals surface area contributed by atoms with E-state index in [0.717, 1.165) is 5.56 Å². The highest BCUT2D eigenvalue weighted by atomic mass is 16.6. The molecular formula is C21H25N3O6. The first kappa shape index (κ1) is 22.5. The molecule has 0 aromatic heterocycles. The van der Waals surface area contributed by atoms with E-state index in [2.05, 4.69) is 15.8 Å². The first-order chi connectivity index (χ1) is 14.4. The van der Waals surface area contributed by atoms with Gasteiger partial charge in [-0.2, -0.15) is 5.10 Å². The first-order valence-electron chi connectivity index (χ1n) is 9.06. The van der Waals surface area contributed by atoms with E-state index in [1.807, 2.05) is 0 Å². The van der Waals surface area contributed by atoms with Gasteiger partial charge in [0.15, 0.2) is 0 Å². The van der Waals surface area contributed by atoms with Gasteiger partial charge >= 0.3 is 6.09 Å². The van der Waals surface area contributed by atoms with Crippen LogP contribution in [0.2, 0.25) is 0 Å². The maximum Gasteiger partial charge on any atom is 0.428 e. The zero-order valence-electron chi connectivity index (χ0n) is 17.4. The van der Waals surface area contributed by atoms with Gasteiger partial charge in [0, 0.05) is 11.8 Å². The van der Waals surface area contributed by atoms with Crippen molar-refractivity contribution < 1.29 is 28.5 Å². The highest BCUT2D eigenvalue weighted by Gasteiger charge is 2.10. The van der Waals surface area contributed by atoms with Crippen molar-refractivity contribution in [2.24, 2.45) is 5.10 Å². The fourth-order valence-corrected chi connectivity index (χ4v) is 2.41. The number of nitrogens with one attached hydrogen (secondary N) is 2. The molecule has 0 aliphatic rings. The second-order valence-corrected chi connectivity index (χ2v) is 6.17. The third-order valence-corrected chi connectivity index (χ3v) is 3.97. The summed E-state index contributed by atoms with van der Waals surface area (Å²) in [4.78, 5) is 24.0. The molecule has 0 unspecified atom stereocenters. The van der Waals surface area contributed by atoms with Gasteiger partial charge in [0.2, 0.25) is 5.91 Å². The number of methoxy groups -OCH3 is 3. The van der Waals surface area contributed by atoms with Gasteiger partial charge in [0.25, 0.3) is 0 Å². The Bertz CT molecular complexity index is 896. The lowest BCUT2D eigenvalue weighted by Crippen LogP contribution is -2.22. The van der Waals surface area contributed by atoms with E-state index in [4.69, 9.17) is 18.9 Å². The predicted octanol–water partition coefficient (Wildman–Crippen LogP) is 3.34. The number of amides is 2. The Morgan fingerprint density at radius 1 is 0.933 bits per heavy atom. The van der Waals surface area contributed by atoms with E-state index < -0.39 is 6.09 Å². The summed E-state index contributed by atoms with van der Waals surface area (Å²) in [5.41, 5.74) is 3.97. The smallest absolute Gasteiger partial charge is 0.428 e. The van der Waals surface area contributed by atoms with Crippen LogP contribution in [0.5, 0.6) is 17.2 Å². The Morgan fingerprint density at radius 3 is 2.23 bits per heavy atom. The van der Waals surface area contributed by atoms with Crippen molar-refractivity contribution in [2.45, 2.75) is 20.0 Å². The van der Waals surface area contributed by atoms with Crippen LogP contribution in [0.1, 0.15) is 18.9 Å². The lowest BCUT2D eigenvalue weighted by Gasteiger charge is -2.11. The monoisotopic (exact) mass is 415 g/mol. The van der Waals surface area contributed by atoms with Crippen molar-refractivity contribution in [3.63, 3.8) is 0 Å². The number of carbonyl (C=O) groups excluding carboxylic acids is 2. The zero-order valence-corrected chi connectivity index (χ0v) is 17.4. The number of benzene rings is 2. The van der Waals surface area contributed by atoms with Crippen molar-refractivity contribution in [1.29, 1.82) is 0 Å². The number of anilines is 1. The molecule has 0 radical (unpaired) electrons. The lowest BCUT2D eigenvalue weighted by atomic mass is 10.2. The Morgan fingerprint density at radius 2 is 1.60 bits per heavy atom. The largest absolute Gasteiger partial charge is 0.497 e. The molecule has 0 heterocycles. The second-order valence-electron chi connectivity index (χ2n) is 6.17. The standard InChI is InChI=1S/C21H25N3O6/c1-14(11-20(25)22-18-10-9-17(28-3)12-19(18)29-4)23-24-21(26)30-13-15-5-7-16(27-2)8-6-15/h5-10,12H,11,13H2,1-4H3,(H,22,25)(H,24,26). The molecule has 9 nitrogen and oxygen atoms in total. The van der Waals surface area contributed by atoms with Gasteiger partial charge in [-0.3, -0.25) is 4.79 Å². The maximum absolute atomic E-state index is 12.2. The minimum absolute atomic E-state index is 0.0199. The van der Waals surface area contributed by atoms with E-state index >= 15 is 0 Å². The summed E-state index contributed by atoms with van der Waals surface area (Å²) in [5, 5.41) is 6.61. The van der Waals surface area contributed by atoms with Gasteiger partial charge in [0.1, 0.15) is 23.9 Å². The van der Waals surface area contributed by atoms with Crippen molar-refractivity contribution in [2.75, 3.05) is 26.6 Å². The lowest BCUT2D eigenvalue weighted by molar-refractivity contribution is -0.115. The van der Waals surface area contributed by atoms with Crippen LogP contribution in [-0.4, -0.2) is 39.0 Å². The molecule has 160 valence electrons. The fourth-order valence-electron chi connectivity index (χ4n) is 2.41. The van der Waals surface area contributed by atoms with Crippen LogP contribution in [0.15, 0.2) is 47.6 Å². The van der Waals surface area contributed by atoms with E-state index in [1.165, 1.54) is 7.11 Å². The van der Waals surface area contributed by atoms with Gasteiger partial charge in [0.05, 0.1) is 33.4 Å². The molecule has 0 bridgehead atoms. The molecule has 9 heteroatoms. The number of hydrogen-bond donors (Lipinski definition) is 2. The Labute approximate surface area is 175 Å². The quantitative estimate of drug-likeness (QED) is 0.480. The van der Waals surface area contributed by atoms with E-state index in [-0.39, 0.29) is 18.9 Å². The van der Waals surface area contributed by atoms with Crippen molar-refractivity contribution in [3.8, 4) is 17.2 Å². The van der Waals surface area contributed by atoms with Crippen LogP contribution >= 0.6 is 0 Å². The number of hydrogen-bond acceptors (Lipinski definition) is 7. The molecule has 2 aromatic rings. The van der Waals surface area contributed by atoms with Crippen molar-refractivity contribution in [1.82, 2.24) is 5.43 Å². The van der Waals surface area contributed by atoms with Gasteiger partial charge < -0.3 is 24.3 Å². The highest BCUT2D eigenvalue weighted by Crippen LogP contribution is 2.29. The van der Waals surface area contributed by atoms with Gasteiger partial charge in [-0.15, -0.1) is 0 Å². The minimum Gasteiger partial charge on any atom is -0.497 e. The molecule has 0 spiro atoms. The summed E-state index contributed by atoms with van der Waals surface area (Å²) >= 11 is 0. The SMILES string of the molecule is COc1ccc(COC(=O)NN=C(C)CC(=O)Nc2ccc(OC)cc2OC)cc1. The van der Waals surface area contributed by atoms with Crippen molar-refractivity contribution in [3.05, 3.63) is 48.0 Å². The third-order valence-electron chi connectivity index (χ3n) is 3.97. The van der Waals surface area contributed by atoms with E-state index in [1.54, 1.807) is 63.6 Å². The molecule has 30 heavy (non-hydrogen) atoms. The summed E-state index contributed by atoms with van der Waals surface area (Å²) in [6, 6.07) is 12.2. The van der Waals surface area contributed by atoms with Crippen LogP contribution in [0, 0.1) is 0 Å². The van der Waals surface area contributed by atoms with Crippen LogP contribution in [-0.2, 0) is 16.1 Å².